The van der Waals surface area contributed by atoms with Crippen molar-refractivity contribution in [1.29, 1.82) is 5.26 Å². The number of carbonyl (C=O) groups is 1. The number of rotatable bonds is 8. The minimum Gasteiger partial charge on any atom is -0.455 e. The van der Waals surface area contributed by atoms with Crippen molar-refractivity contribution in [2.75, 3.05) is 38.3 Å². The Hall–Kier alpha value is -3.44. The summed E-state index contributed by atoms with van der Waals surface area (Å²) in [6, 6.07) is 7.70. The lowest BCUT2D eigenvalue weighted by Crippen LogP contribution is -2.54. The molecule has 8 heteroatoms. The maximum atomic E-state index is 12.5. The zero-order chi connectivity index (χ0) is 23.4. The van der Waals surface area contributed by atoms with Crippen molar-refractivity contribution in [3.8, 4) is 17.6 Å². The van der Waals surface area contributed by atoms with E-state index in [1.165, 1.54) is 0 Å². The summed E-state index contributed by atoms with van der Waals surface area (Å²) in [6.45, 7) is 8.05. The number of pyridine rings is 2. The van der Waals surface area contributed by atoms with E-state index in [1.807, 2.05) is 17.9 Å². The molecule has 33 heavy (non-hydrogen) atoms. The first-order chi connectivity index (χ1) is 16.0. The van der Waals surface area contributed by atoms with Crippen LogP contribution in [0.2, 0.25) is 0 Å². The summed E-state index contributed by atoms with van der Waals surface area (Å²) in [6.07, 6.45) is 5.83. The number of nitriles is 1. The summed E-state index contributed by atoms with van der Waals surface area (Å²) in [4.78, 5) is 25.6. The third kappa shape index (κ3) is 5.15. The predicted octanol–water partition coefficient (Wildman–Crippen LogP) is 3.73. The molecule has 2 aromatic rings. The molecular weight excluding hydrogens is 418 g/mol. The Kier molecular flexibility index (Phi) is 6.90. The standard InChI is InChI=1S/C25H29N5O3/c1-4-20-14-21(7-9-27-20)33-22-13-19(15-26)25(28-24(22)18-5-6-18)29-10-11-30(17(2)16-29)23(31)8-12-32-3/h4,7,9,13-14,17-18H,1,5-6,8,10-12,16H2,2-3H3. The van der Waals surface area contributed by atoms with Crippen molar-refractivity contribution in [2.45, 2.75) is 38.1 Å². The van der Waals surface area contributed by atoms with Gasteiger partial charge in [-0.25, -0.2) is 4.98 Å². The van der Waals surface area contributed by atoms with Gasteiger partial charge in [-0.05, 0) is 31.9 Å². The zero-order valence-electron chi connectivity index (χ0n) is 19.2. The molecule has 1 atom stereocenters. The molecule has 1 unspecified atom stereocenters. The maximum absolute atomic E-state index is 12.5. The van der Waals surface area contributed by atoms with E-state index in [2.05, 4.69) is 22.5 Å². The molecule has 1 saturated carbocycles. The fourth-order valence-electron chi connectivity index (χ4n) is 4.14. The van der Waals surface area contributed by atoms with Crippen LogP contribution in [0.5, 0.6) is 11.5 Å². The number of piperazine rings is 1. The average molecular weight is 448 g/mol. The van der Waals surface area contributed by atoms with Gasteiger partial charge in [0.2, 0.25) is 5.91 Å². The van der Waals surface area contributed by atoms with E-state index < -0.39 is 0 Å². The lowest BCUT2D eigenvalue weighted by molar-refractivity contribution is -0.134. The van der Waals surface area contributed by atoms with Gasteiger partial charge in [0, 0.05) is 57.0 Å². The van der Waals surface area contributed by atoms with Crippen LogP contribution in [0.15, 0.2) is 31.0 Å². The summed E-state index contributed by atoms with van der Waals surface area (Å²) >= 11 is 0. The number of anilines is 1. The summed E-state index contributed by atoms with van der Waals surface area (Å²) in [7, 11) is 1.60. The lowest BCUT2D eigenvalue weighted by Gasteiger charge is -2.40. The number of carbonyl (C=O) groups excluding carboxylic acids is 1. The molecule has 1 saturated heterocycles. The van der Waals surface area contributed by atoms with E-state index in [9.17, 15) is 10.1 Å². The van der Waals surface area contributed by atoms with Gasteiger partial charge in [-0.15, -0.1) is 0 Å². The van der Waals surface area contributed by atoms with Crippen LogP contribution >= 0.6 is 0 Å². The van der Waals surface area contributed by atoms with E-state index >= 15 is 0 Å². The maximum Gasteiger partial charge on any atom is 0.225 e. The number of methoxy groups -OCH3 is 1. The number of nitrogens with zero attached hydrogens (tertiary/aromatic N) is 5. The number of aromatic nitrogens is 2. The number of amides is 1. The van der Waals surface area contributed by atoms with Gasteiger partial charge in [-0.1, -0.05) is 6.58 Å². The molecule has 1 aliphatic carbocycles. The van der Waals surface area contributed by atoms with Gasteiger partial charge >= 0.3 is 0 Å². The number of hydrogen-bond acceptors (Lipinski definition) is 7. The number of hydrogen-bond donors (Lipinski definition) is 0. The Morgan fingerprint density at radius 3 is 2.85 bits per heavy atom. The van der Waals surface area contributed by atoms with Crippen LogP contribution in [-0.2, 0) is 9.53 Å². The van der Waals surface area contributed by atoms with E-state index in [1.54, 1.807) is 31.5 Å². The van der Waals surface area contributed by atoms with Crippen LogP contribution in [0.4, 0.5) is 5.82 Å². The van der Waals surface area contributed by atoms with Crippen molar-refractivity contribution >= 4 is 17.8 Å². The fourth-order valence-corrected chi connectivity index (χ4v) is 4.14. The minimum absolute atomic E-state index is 0.0193. The Morgan fingerprint density at radius 1 is 1.36 bits per heavy atom. The van der Waals surface area contributed by atoms with Gasteiger partial charge in [0.05, 0.1) is 30.0 Å². The molecule has 2 aromatic heterocycles. The van der Waals surface area contributed by atoms with Gasteiger partial charge in [0.25, 0.3) is 0 Å². The normalized spacial score (nSPS) is 18.0. The molecule has 0 bridgehead atoms. The average Bonchev–Trinajstić information content (AvgIpc) is 3.67. The van der Waals surface area contributed by atoms with Crippen molar-refractivity contribution in [2.24, 2.45) is 0 Å². The third-order valence-corrected chi connectivity index (χ3v) is 6.04. The lowest BCUT2D eigenvalue weighted by atomic mass is 10.1. The Bertz CT molecular complexity index is 1080. The highest BCUT2D eigenvalue weighted by Crippen LogP contribution is 2.45. The van der Waals surface area contributed by atoms with Crippen LogP contribution in [0, 0.1) is 11.3 Å². The molecule has 4 rings (SSSR count). The molecule has 1 amide bonds. The monoisotopic (exact) mass is 447 g/mol. The summed E-state index contributed by atoms with van der Waals surface area (Å²) in [5, 5.41) is 9.90. The van der Waals surface area contributed by atoms with Gasteiger partial charge in [-0.3, -0.25) is 9.78 Å². The van der Waals surface area contributed by atoms with Crippen LogP contribution in [0.3, 0.4) is 0 Å². The Morgan fingerprint density at radius 2 is 2.18 bits per heavy atom. The third-order valence-electron chi connectivity index (χ3n) is 6.04. The van der Waals surface area contributed by atoms with Gasteiger partial charge < -0.3 is 19.3 Å². The topological polar surface area (TPSA) is 91.6 Å². The van der Waals surface area contributed by atoms with E-state index in [4.69, 9.17) is 14.5 Å². The quantitative estimate of drug-likeness (QED) is 0.609. The molecule has 2 fully saturated rings. The highest BCUT2D eigenvalue weighted by molar-refractivity contribution is 5.77. The number of ether oxygens (including phenoxy) is 2. The minimum atomic E-state index is 0.0193. The second kappa shape index (κ2) is 10.0. The first kappa shape index (κ1) is 22.7. The zero-order valence-corrected chi connectivity index (χ0v) is 19.2. The molecule has 0 N–H and O–H groups in total. The fraction of sp³-hybridized carbons (Fsp3) is 0.440. The van der Waals surface area contributed by atoms with Crippen LogP contribution < -0.4 is 9.64 Å². The van der Waals surface area contributed by atoms with Gasteiger partial charge in [0.15, 0.2) is 5.75 Å². The molecule has 2 aliphatic rings. The molecule has 3 heterocycles. The van der Waals surface area contributed by atoms with Crippen molar-refractivity contribution < 1.29 is 14.3 Å². The Balaban J connectivity index is 1.58. The Labute approximate surface area is 194 Å². The highest BCUT2D eigenvalue weighted by atomic mass is 16.5. The van der Waals surface area contributed by atoms with E-state index in [0.717, 1.165) is 24.2 Å². The van der Waals surface area contributed by atoms with Crippen LogP contribution in [0.25, 0.3) is 6.08 Å². The first-order valence-electron chi connectivity index (χ1n) is 11.3. The summed E-state index contributed by atoms with van der Waals surface area (Å²) in [5.41, 5.74) is 2.07. The highest BCUT2D eigenvalue weighted by Gasteiger charge is 2.33. The first-order valence-corrected chi connectivity index (χ1v) is 11.3. The molecule has 0 aromatic carbocycles. The van der Waals surface area contributed by atoms with E-state index in [-0.39, 0.29) is 11.9 Å². The van der Waals surface area contributed by atoms with Crippen LogP contribution in [-0.4, -0.2) is 60.2 Å². The van der Waals surface area contributed by atoms with E-state index in [0.29, 0.717) is 61.5 Å². The molecule has 8 nitrogen and oxygen atoms in total. The second-order valence-electron chi connectivity index (χ2n) is 8.48. The molecule has 0 spiro atoms. The second-order valence-corrected chi connectivity index (χ2v) is 8.48. The smallest absolute Gasteiger partial charge is 0.225 e. The largest absolute Gasteiger partial charge is 0.455 e. The van der Waals surface area contributed by atoms with Crippen molar-refractivity contribution in [3.63, 3.8) is 0 Å². The summed E-state index contributed by atoms with van der Waals surface area (Å²) in [5.74, 6) is 2.35. The molecule has 172 valence electrons. The van der Waals surface area contributed by atoms with Crippen molar-refractivity contribution in [1.82, 2.24) is 14.9 Å². The molecular formula is C25H29N5O3. The van der Waals surface area contributed by atoms with Crippen LogP contribution in [0.1, 0.15) is 49.1 Å². The van der Waals surface area contributed by atoms with Crippen molar-refractivity contribution in [3.05, 3.63) is 47.9 Å². The summed E-state index contributed by atoms with van der Waals surface area (Å²) < 4.78 is 11.2. The molecule has 1 aliphatic heterocycles. The predicted molar refractivity (Wildman–Crippen MR) is 125 cm³/mol. The van der Waals surface area contributed by atoms with Gasteiger partial charge in [-0.2, -0.15) is 5.26 Å². The molecule has 0 radical (unpaired) electrons. The SMILES string of the molecule is C=Cc1cc(Oc2cc(C#N)c(N3CCN(C(=O)CCOC)C(C)C3)nc2C2CC2)ccn1. The van der Waals surface area contributed by atoms with Gasteiger partial charge in [0.1, 0.15) is 17.6 Å².